The van der Waals surface area contributed by atoms with E-state index in [1.54, 1.807) is 0 Å². The molecule has 0 saturated heterocycles. The third-order valence-corrected chi connectivity index (χ3v) is 5.85. The van der Waals surface area contributed by atoms with Gasteiger partial charge in [-0.2, -0.15) is 0 Å². The van der Waals surface area contributed by atoms with Gasteiger partial charge < -0.3 is 0 Å². The molecule has 0 amide bonds. The maximum Gasteiger partial charge on any atom is 0.168 e. The zero-order chi connectivity index (χ0) is 23.0. The van der Waals surface area contributed by atoms with Crippen molar-refractivity contribution >= 4 is 0 Å². The van der Waals surface area contributed by atoms with Crippen molar-refractivity contribution in [3.05, 3.63) is 65.5 Å². The van der Waals surface area contributed by atoms with Crippen molar-refractivity contribution in [1.29, 1.82) is 0 Å². The minimum atomic E-state index is -0.122. The number of benzene rings is 2. The lowest BCUT2D eigenvalue weighted by Crippen LogP contribution is -2.28. The lowest BCUT2D eigenvalue weighted by Gasteiger charge is -2.32. The molecule has 0 aliphatic rings. The van der Waals surface area contributed by atoms with Gasteiger partial charge in [-0.25, -0.2) is 0 Å². The number of aromatic nitrogens is 3. The molecular formula is C28H39N3. The lowest BCUT2D eigenvalue weighted by atomic mass is 9.75. The highest BCUT2D eigenvalue weighted by Crippen LogP contribution is 2.39. The highest BCUT2D eigenvalue weighted by molar-refractivity contribution is 5.61. The number of nitrogens with zero attached hydrogens (tertiary/aromatic N) is 3. The van der Waals surface area contributed by atoms with Crippen LogP contribution in [-0.2, 0) is 5.41 Å². The molecule has 3 nitrogen and oxygen atoms in total. The Kier molecular flexibility index (Phi) is 6.45. The van der Waals surface area contributed by atoms with Gasteiger partial charge in [0, 0.05) is 11.0 Å². The largest absolute Gasteiger partial charge is 0.278 e. The first-order valence-electron chi connectivity index (χ1n) is 11.6. The molecule has 0 saturated carbocycles. The Balaban J connectivity index is 2.30. The van der Waals surface area contributed by atoms with E-state index in [0.717, 1.165) is 23.6 Å². The van der Waals surface area contributed by atoms with Crippen LogP contribution in [0, 0.1) is 5.41 Å². The molecule has 0 aliphatic heterocycles. The molecule has 31 heavy (non-hydrogen) atoms. The Bertz CT molecular complexity index is 1030. The molecule has 0 bridgehead atoms. The van der Waals surface area contributed by atoms with E-state index < -0.39 is 0 Å². The summed E-state index contributed by atoms with van der Waals surface area (Å²) in [7, 11) is 0. The first-order valence-corrected chi connectivity index (χ1v) is 11.6. The van der Waals surface area contributed by atoms with Crippen molar-refractivity contribution in [1.82, 2.24) is 14.8 Å². The molecule has 0 unspecified atom stereocenters. The first kappa shape index (κ1) is 23.2. The Morgan fingerprint density at radius 2 is 1.48 bits per heavy atom. The summed E-state index contributed by atoms with van der Waals surface area (Å²) >= 11 is 0. The molecule has 3 rings (SSSR count). The standard InChI is InChI=1S/C28H39N3/c1-19(2)21-13-12-14-22(17-21)25-29-30-26(28(8,9)18-27(5,6)7)31(25)24-16-11-10-15-23(24)20(3)4/h10-17,19-20H,18H2,1-9H3. The van der Waals surface area contributed by atoms with Crippen LogP contribution in [0.25, 0.3) is 17.1 Å². The van der Waals surface area contributed by atoms with Crippen LogP contribution in [-0.4, -0.2) is 14.8 Å². The molecule has 166 valence electrons. The first-order chi connectivity index (χ1) is 14.4. The van der Waals surface area contributed by atoms with Gasteiger partial charge in [0.15, 0.2) is 5.82 Å². The van der Waals surface area contributed by atoms with Gasteiger partial charge in [0.05, 0.1) is 5.69 Å². The van der Waals surface area contributed by atoms with Gasteiger partial charge in [-0.3, -0.25) is 4.57 Å². The summed E-state index contributed by atoms with van der Waals surface area (Å²) in [5.41, 5.74) is 5.01. The summed E-state index contributed by atoms with van der Waals surface area (Å²) in [5, 5.41) is 9.59. The maximum absolute atomic E-state index is 4.81. The van der Waals surface area contributed by atoms with E-state index in [-0.39, 0.29) is 10.8 Å². The normalized spacial score (nSPS) is 12.7. The molecule has 0 fully saturated rings. The van der Waals surface area contributed by atoms with Gasteiger partial charge in [-0.05, 0) is 46.9 Å². The van der Waals surface area contributed by atoms with Crippen LogP contribution in [0.15, 0.2) is 48.5 Å². The fraction of sp³-hybridized carbons (Fsp3) is 0.500. The minimum absolute atomic E-state index is 0.122. The molecule has 2 aromatic carbocycles. The fourth-order valence-electron chi connectivity index (χ4n) is 4.76. The van der Waals surface area contributed by atoms with E-state index in [2.05, 4.69) is 115 Å². The van der Waals surface area contributed by atoms with Crippen molar-refractivity contribution in [3.63, 3.8) is 0 Å². The molecule has 3 heteroatoms. The summed E-state index contributed by atoms with van der Waals surface area (Å²) in [4.78, 5) is 0. The summed E-state index contributed by atoms with van der Waals surface area (Å²) in [6.07, 6.45) is 1.02. The van der Waals surface area contributed by atoms with Crippen LogP contribution in [0.2, 0.25) is 0 Å². The molecule has 0 aliphatic carbocycles. The number of hydrogen-bond acceptors (Lipinski definition) is 2. The predicted octanol–water partition coefficient (Wildman–Crippen LogP) is 7.89. The van der Waals surface area contributed by atoms with Gasteiger partial charge >= 0.3 is 0 Å². The average Bonchev–Trinajstić information content (AvgIpc) is 3.12. The molecule has 1 aromatic heterocycles. The Hall–Kier alpha value is -2.42. The summed E-state index contributed by atoms with van der Waals surface area (Å²) in [6.45, 7) is 20.5. The van der Waals surface area contributed by atoms with Crippen LogP contribution in [0.5, 0.6) is 0 Å². The van der Waals surface area contributed by atoms with Gasteiger partial charge in [-0.1, -0.05) is 98.7 Å². The highest BCUT2D eigenvalue weighted by atomic mass is 15.3. The van der Waals surface area contributed by atoms with Gasteiger partial charge in [0.2, 0.25) is 0 Å². The maximum atomic E-state index is 4.81. The molecular weight excluding hydrogens is 378 g/mol. The monoisotopic (exact) mass is 417 g/mol. The van der Waals surface area contributed by atoms with Crippen molar-refractivity contribution in [2.24, 2.45) is 5.41 Å². The minimum Gasteiger partial charge on any atom is -0.278 e. The molecule has 0 radical (unpaired) electrons. The summed E-state index contributed by atoms with van der Waals surface area (Å²) < 4.78 is 2.32. The van der Waals surface area contributed by atoms with Crippen molar-refractivity contribution < 1.29 is 0 Å². The van der Waals surface area contributed by atoms with Gasteiger partial charge in [0.1, 0.15) is 5.82 Å². The van der Waals surface area contributed by atoms with E-state index in [1.807, 2.05) is 0 Å². The fourth-order valence-corrected chi connectivity index (χ4v) is 4.76. The predicted molar refractivity (Wildman–Crippen MR) is 132 cm³/mol. The lowest BCUT2D eigenvalue weighted by molar-refractivity contribution is 0.272. The van der Waals surface area contributed by atoms with Crippen LogP contribution >= 0.6 is 0 Å². The van der Waals surface area contributed by atoms with E-state index >= 15 is 0 Å². The smallest absolute Gasteiger partial charge is 0.168 e. The van der Waals surface area contributed by atoms with Crippen molar-refractivity contribution in [2.75, 3.05) is 0 Å². The topological polar surface area (TPSA) is 30.7 Å². The zero-order valence-corrected chi connectivity index (χ0v) is 20.8. The van der Waals surface area contributed by atoms with Crippen LogP contribution < -0.4 is 0 Å². The Morgan fingerprint density at radius 3 is 2.10 bits per heavy atom. The molecule has 0 atom stereocenters. The average molecular weight is 418 g/mol. The van der Waals surface area contributed by atoms with E-state index in [9.17, 15) is 0 Å². The summed E-state index contributed by atoms with van der Waals surface area (Å²) in [6, 6.07) is 17.5. The van der Waals surface area contributed by atoms with E-state index in [1.165, 1.54) is 16.8 Å². The van der Waals surface area contributed by atoms with Crippen LogP contribution in [0.4, 0.5) is 0 Å². The molecule has 0 spiro atoms. The number of hydrogen-bond donors (Lipinski definition) is 0. The number of para-hydroxylation sites is 1. The highest BCUT2D eigenvalue weighted by Gasteiger charge is 2.34. The van der Waals surface area contributed by atoms with Crippen molar-refractivity contribution in [3.8, 4) is 17.1 Å². The van der Waals surface area contributed by atoms with E-state index in [4.69, 9.17) is 10.2 Å². The number of rotatable bonds is 6. The molecule has 1 heterocycles. The molecule has 0 N–H and O–H groups in total. The molecule has 3 aromatic rings. The van der Waals surface area contributed by atoms with Crippen LogP contribution in [0.1, 0.15) is 97.5 Å². The second-order valence-electron chi connectivity index (χ2n) is 11.3. The SMILES string of the molecule is CC(C)c1cccc(-c2nnc(C(C)(C)CC(C)(C)C)n2-c2ccccc2C(C)C)c1. The Labute approximate surface area is 188 Å². The van der Waals surface area contributed by atoms with E-state index in [0.29, 0.717) is 11.8 Å². The van der Waals surface area contributed by atoms with Crippen molar-refractivity contribution in [2.45, 2.75) is 86.0 Å². The third kappa shape index (κ3) is 5.08. The van der Waals surface area contributed by atoms with Gasteiger partial charge in [-0.15, -0.1) is 10.2 Å². The quantitative estimate of drug-likeness (QED) is 0.408. The summed E-state index contributed by atoms with van der Waals surface area (Å²) in [5.74, 6) is 2.83. The third-order valence-electron chi connectivity index (χ3n) is 5.85. The van der Waals surface area contributed by atoms with Gasteiger partial charge in [0.25, 0.3) is 0 Å². The second-order valence-corrected chi connectivity index (χ2v) is 11.3. The van der Waals surface area contributed by atoms with Crippen LogP contribution in [0.3, 0.4) is 0 Å². The second kappa shape index (κ2) is 8.61. The Morgan fingerprint density at radius 1 is 0.806 bits per heavy atom. The zero-order valence-electron chi connectivity index (χ0n) is 20.8.